The molecule has 2 saturated heterocycles. The summed E-state index contributed by atoms with van der Waals surface area (Å²) in [5.74, 6) is -2.35. The highest BCUT2D eigenvalue weighted by Gasteiger charge is 2.38. The third-order valence-electron chi connectivity index (χ3n) is 6.55. The number of likely N-dealkylation sites (tertiary alicyclic amines) is 1. The van der Waals surface area contributed by atoms with Crippen molar-refractivity contribution in [1.82, 2.24) is 19.4 Å². The number of carbonyl (C=O) groups is 2. The standard InChI is InChI=1S/C23H38N4O3S.C2HF3O2/c1-4-25-13-5-6-21(25)17-27(18-23(28)26-14-11-24-12-15-26)31(29,30)22-9-7-20(8-10-22)16-19(2)3;3-2(4,5)1(6)7/h7-10,19,21,24H,4-6,11-18H2,1-3H3;(H,6,7). The van der Waals surface area contributed by atoms with Crippen molar-refractivity contribution in [3.8, 4) is 0 Å². The average Bonchev–Trinajstić information content (AvgIpc) is 3.31. The van der Waals surface area contributed by atoms with Crippen molar-refractivity contribution in [2.45, 2.75) is 57.1 Å². The molecule has 13 heteroatoms. The van der Waals surface area contributed by atoms with Crippen LogP contribution in [0.5, 0.6) is 0 Å². The molecule has 9 nitrogen and oxygen atoms in total. The number of halogens is 3. The first-order chi connectivity index (χ1) is 17.8. The molecule has 1 unspecified atom stereocenters. The van der Waals surface area contributed by atoms with Gasteiger partial charge < -0.3 is 15.3 Å². The smallest absolute Gasteiger partial charge is 0.475 e. The topological polar surface area (TPSA) is 110 Å². The number of nitrogens with one attached hydrogen (secondary N) is 1. The minimum atomic E-state index is -5.08. The SMILES string of the molecule is CCN1CCCC1CN(CC(=O)N1CCNCC1)S(=O)(=O)c1ccc(CC(C)C)cc1.O=C(O)C(F)(F)F. The largest absolute Gasteiger partial charge is 0.490 e. The lowest BCUT2D eigenvalue weighted by Gasteiger charge is -2.32. The van der Waals surface area contributed by atoms with Gasteiger partial charge in [-0.1, -0.05) is 32.9 Å². The molecule has 0 bridgehead atoms. The van der Waals surface area contributed by atoms with Crippen molar-refractivity contribution in [3.63, 3.8) is 0 Å². The lowest BCUT2D eigenvalue weighted by molar-refractivity contribution is -0.192. The van der Waals surface area contributed by atoms with Crippen LogP contribution in [0.2, 0.25) is 0 Å². The van der Waals surface area contributed by atoms with E-state index in [4.69, 9.17) is 9.90 Å². The summed E-state index contributed by atoms with van der Waals surface area (Å²) in [4.78, 5) is 26.2. The van der Waals surface area contributed by atoms with Crippen molar-refractivity contribution < 1.29 is 36.3 Å². The maximum Gasteiger partial charge on any atom is 0.490 e. The van der Waals surface area contributed by atoms with Crippen LogP contribution in [0.4, 0.5) is 13.2 Å². The highest BCUT2D eigenvalue weighted by Crippen LogP contribution is 2.23. The number of nitrogens with zero attached hydrogens (tertiary/aromatic N) is 3. The van der Waals surface area contributed by atoms with E-state index in [2.05, 4.69) is 31.0 Å². The van der Waals surface area contributed by atoms with E-state index in [9.17, 15) is 26.4 Å². The Balaban J connectivity index is 0.000000638. The first kappa shape index (κ1) is 32.0. The van der Waals surface area contributed by atoms with Crippen molar-refractivity contribution in [1.29, 1.82) is 0 Å². The maximum atomic E-state index is 13.6. The summed E-state index contributed by atoms with van der Waals surface area (Å²) < 4.78 is 60.3. The minimum Gasteiger partial charge on any atom is -0.475 e. The maximum absolute atomic E-state index is 13.6. The molecule has 0 spiro atoms. The molecule has 38 heavy (non-hydrogen) atoms. The van der Waals surface area contributed by atoms with Crippen LogP contribution in [-0.2, 0) is 26.0 Å². The molecular weight excluding hydrogens is 525 g/mol. The van der Waals surface area contributed by atoms with Gasteiger partial charge in [0.2, 0.25) is 15.9 Å². The summed E-state index contributed by atoms with van der Waals surface area (Å²) in [6.45, 7) is 11.3. The fourth-order valence-electron chi connectivity index (χ4n) is 4.58. The molecule has 1 atom stereocenters. The van der Waals surface area contributed by atoms with Gasteiger partial charge in [0, 0.05) is 38.8 Å². The Morgan fingerprint density at radius 3 is 2.21 bits per heavy atom. The van der Waals surface area contributed by atoms with Gasteiger partial charge in [-0.2, -0.15) is 17.5 Å². The first-order valence-corrected chi connectivity index (χ1v) is 14.3. The number of rotatable bonds is 9. The summed E-state index contributed by atoms with van der Waals surface area (Å²) >= 11 is 0. The van der Waals surface area contributed by atoms with E-state index in [1.165, 1.54) is 4.31 Å². The molecule has 2 N–H and O–H groups in total. The van der Waals surface area contributed by atoms with Crippen LogP contribution in [-0.4, -0.2) is 104 Å². The first-order valence-electron chi connectivity index (χ1n) is 12.9. The number of sulfonamides is 1. The zero-order chi connectivity index (χ0) is 28.5. The molecule has 3 rings (SSSR count). The number of piperazine rings is 1. The van der Waals surface area contributed by atoms with Crippen molar-refractivity contribution >= 4 is 21.9 Å². The summed E-state index contributed by atoms with van der Waals surface area (Å²) in [6, 6.07) is 7.35. The number of alkyl halides is 3. The Morgan fingerprint density at radius 1 is 1.13 bits per heavy atom. The molecule has 2 aliphatic heterocycles. The number of carbonyl (C=O) groups excluding carboxylic acids is 1. The lowest BCUT2D eigenvalue weighted by Crippen LogP contribution is -2.52. The molecule has 0 radical (unpaired) electrons. The Hall–Kier alpha value is -2.22. The van der Waals surface area contributed by atoms with E-state index in [0.717, 1.165) is 51.0 Å². The van der Waals surface area contributed by atoms with Gasteiger partial charge in [0.15, 0.2) is 0 Å². The zero-order valence-electron chi connectivity index (χ0n) is 22.2. The predicted molar refractivity (Wildman–Crippen MR) is 137 cm³/mol. The third kappa shape index (κ3) is 9.51. The van der Waals surface area contributed by atoms with Gasteiger partial charge >= 0.3 is 12.1 Å². The monoisotopic (exact) mass is 564 g/mol. The van der Waals surface area contributed by atoms with Crippen LogP contribution >= 0.6 is 0 Å². The van der Waals surface area contributed by atoms with E-state index >= 15 is 0 Å². The molecule has 2 fully saturated rings. The molecule has 0 aliphatic carbocycles. The van der Waals surface area contributed by atoms with Gasteiger partial charge in [0.25, 0.3) is 0 Å². The quantitative estimate of drug-likeness (QED) is 0.474. The van der Waals surface area contributed by atoms with Crippen LogP contribution in [0, 0.1) is 5.92 Å². The van der Waals surface area contributed by atoms with Crippen LogP contribution in [0.25, 0.3) is 0 Å². The fraction of sp³-hybridized carbons (Fsp3) is 0.680. The summed E-state index contributed by atoms with van der Waals surface area (Å²) in [5, 5.41) is 10.4. The van der Waals surface area contributed by atoms with Gasteiger partial charge in [-0.05, 0) is 56.0 Å². The number of benzene rings is 1. The van der Waals surface area contributed by atoms with Crippen LogP contribution in [0.3, 0.4) is 0 Å². The number of carboxylic acid groups (broad SMARTS) is 1. The molecule has 2 aliphatic rings. The fourth-order valence-corrected chi connectivity index (χ4v) is 6.01. The number of aliphatic carboxylic acids is 1. The molecular formula is C25H39F3N4O5S. The van der Waals surface area contributed by atoms with Gasteiger partial charge in [0.05, 0.1) is 11.4 Å². The Bertz CT molecular complexity index is 1010. The third-order valence-corrected chi connectivity index (χ3v) is 8.37. The molecule has 1 amide bonds. The minimum absolute atomic E-state index is 0.0931. The lowest BCUT2D eigenvalue weighted by atomic mass is 10.0. The van der Waals surface area contributed by atoms with Crippen molar-refractivity contribution in [3.05, 3.63) is 29.8 Å². The summed E-state index contributed by atoms with van der Waals surface area (Å²) in [5.41, 5.74) is 1.13. The van der Waals surface area contributed by atoms with E-state index in [1.54, 1.807) is 17.0 Å². The second-order valence-electron chi connectivity index (χ2n) is 9.90. The Kier molecular flexibility index (Phi) is 12.0. The molecule has 1 aromatic carbocycles. The number of carboxylic acids is 1. The zero-order valence-corrected chi connectivity index (χ0v) is 23.0. The van der Waals surface area contributed by atoms with E-state index in [-0.39, 0.29) is 23.4 Å². The van der Waals surface area contributed by atoms with Gasteiger partial charge in [-0.3, -0.25) is 9.69 Å². The van der Waals surface area contributed by atoms with E-state index in [1.807, 2.05) is 12.1 Å². The van der Waals surface area contributed by atoms with Crippen LogP contribution in [0.15, 0.2) is 29.2 Å². The van der Waals surface area contributed by atoms with Gasteiger partial charge in [-0.15, -0.1) is 0 Å². The molecule has 1 aromatic rings. The molecule has 0 saturated carbocycles. The summed E-state index contributed by atoms with van der Waals surface area (Å²) in [6.07, 6.45) is -2.13. The van der Waals surface area contributed by atoms with Crippen LogP contribution < -0.4 is 5.32 Å². The van der Waals surface area contributed by atoms with Crippen molar-refractivity contribution in [2.75, 3.05) is 52.4 Å². The van der Waals surface area contributed by atoms with E-state index in [0.29, 0.717) is 25.6 Å². The van der Waals surface area contributed by atoms with Gasteiger partial charge in [-0.25, -0.2) is 13.2 Å². The number of amides is 1. The molecule has 216 valence electrons. The second kappa shape index (κ2) is 14.2. The highest BCUT2D eigenvalue weighted by atomic mass is 32.2. The summed E-state index contributed by atoms with van der Waals surface area (Å²) in [7, 11) is -3.76. The molecule has 2 heterocycles. The Morgan fingerprint density at radius 2 is 1.71 bits per heavy atom. The van der Waals surface area contributed by atoms with Crippen molar-refractivity contribution in [2.24, 2.45) is 5.92 Å². The molecule has 0 aromatic heterocycles. The normalized spacial score (nSPS) is 18.9. The predicted octanol–water partition coefficient (Wildman–Crippen LogP) is 2.43. The number of hydrogen-bond donors (Lipinski definition) is 2. The second-order valence-corrected chi connectivity index (χ2v) is 11.8. The highest BCUT2D eigenvalue weighted by molar-refractivity contribution is 7.89. The number of hydrogen-bond acceptors (Lipinski definition) is 6. The van der Waals surface area contributed by atoms with Crippen LogP contribution in [0.1, 0.15) is 39.2 Å². The van der Waals surface area contributed by atoms with E-state index < -0.39 is 22.2 Å². The Labute approximate surface area is 223 Å². The average molecular weight is 565 g/mol. The van der Waals surface area contributed by atoms with Gasteiger partial charge in [0.1, 0.15) is 0 Å². The number of likely N-dealkylation sites (N-methyl/N-ethyl adjacent to an activating group) is 1.